The molecule has 2 fully saturated rings. The standard InChI is InChI=1S/C16H24ClN3/c1-16(2,3)13-9-14(17)19-15(18-13)10-7-11-5-6-12(8-10)20(11)4/h9-12H,5-8H2,1-4H3. The average molecular weight is 294 g/mol. The molecule has 0 spiro atoms. The predicted octanol–water partition coefficient (Wildman–Crippen LogP) is 3.77. The molecule has 20 heavy (non-hydrogen) atoms. The van der Waals surface area contributed by atoms with Crippen LogP contribution in [0.1, 0.15) is 63.9 Å². The summed E-state index contributed by atoms with van der Waals surface area (Å²) >= 11 is 6.23. The summed E-state index contributed by atoms with van der Waals surface area (Å²) in [6, 6.07) is 3.33. The highest BCUT2D eigenvalue weighted by Crippen LogP contribution is 2.41. The molecule has 0 amide bonds. The summed E-state index contributed by atoms with van der Waals surface area (Å²) < 4.78 is 0. The molecule has 2 bridgehead atoms. The zero-order chi connectivity index (χ0) is 14.5. The van der Waals surface area contributed by atoms with Crippen molar-refractivity contribution in [2.24, 2.45) is 0 Å². The zero-order valence-electron chi connectivity index (χ0n) is 12.9. The Morgan fingerprint density at radius 1 is 1.15 bits per heavy atom. The van der Waals surface area contributed by atoms with E-state index in [1.54, 1.807) is 0 Å². The van der Waals surface area contributed by atoms with Crippen LogP contribution in [0.25, 0.3) is 0 Å². The van der Waals surface area contributed by atoms with Gasteiger partial charge in [0, 0.05) is 23.4 Å². The van der Waals surface area contributed by atoms with Gasteiger partial charge in [0.05, 0.1) is 5.69 Å². The van der Waals surface area contributed by atoms with E-state index < -0.39 is 0 Å². The quantitative estimate of drug-likeness (QED) is 0.738. The Morgan fingerprint density at radius 2 is 1.75 bits per heavy atom. The molecule has 3 heterocycles. The van der Waals surface area contributed by atoms with Crippen molar-refractivity contribution >= 4 is 11.6 Å². The molecule has 2 aliphatic rings. The summed E-state index contributed by atoms with van der Waals surface area (Å²) in [6.45, 7) is 6.52. The Bertz CT molecular complexity index is 495. The molecule has 0 radical (unpaired) electrons. The van der Waals surface area contributed by atoms with Gasteiger partial charge in [-0.1, -0.05) is 32.4 Å². The molecule has 0 aromatic carbocycles. The van der Waals surface area contributed by atoms with Gasteiger partial charge in [-0.15, -0.1) is 0 Å². The lowest BCUT2D eigenvalue weighted by atomic mass is 9.89. The van der Waals surface area contributed by atoms with Gasteiger partial charge in [0.25, 0.3) is 0 Å². The number of rotatable bonds is 1. The molecule has 2 saturated heterocycles. The molecule has 1 aromatic rings. The van der Waals surface area contributed by atoms with Gasteiger partial charge >= 0.3 is 0 Å². The van der Waals surface area contributed by atoms with Crippen LogP contribution in [0.2, 0.25) is 5.15 Å². The lowest BCUT2D eigenvalue weighted by Crippen LogP contribution is -2.39. The third-order valence-corrected chi connectivity index (χ3v) is 5.14. The summed E-state index contributed by atoms with van der Waals surface area (Å²) in [4.78, 5) is 11.9. The normalized spacial score (nSPS) is 30.8. The highest BCUT2D eigenvalue weighted by Gasteiger charge is 2.40. The van der Waals surface area contributed by atoms with E-state index in [1.165, 1.54) is 25.7 Å². The number of fused-ring (bicyclic) bond motifs is 2. The highest BCUT2D eigenvalue weighted by molar-refractivity contribution is 6.29. The Kier molecular flexibility index (Phi) is 3.54. The number of piperidine rings is 1. The monoisotopic (exact) mass is 293 g/mol. The number of nitrogens with zero attached hydrogens (tertiary/aromatic N) is 3. The Hall–Kier alpha value is -0.670. The Labute approximate surface area is 126 Å². The summed E-state index contributed by atoms with van der Waals surface area (Å²) in [5.41, 5.74) is 1.07. The number of aromatic nitrogens is 2. The van der Waals surface area contributed by atoms with Crippen LogP contribution in [-0.2, 0) is 5.41 Å². The van der Waals surface area contributed by atoms with Crippen molar-refractivity contribution in [1.82, 2.24) is 14.9 Å². The van der Waals surface area contributed by atoms with E-state index in [1.807, 2.05) is 6.07 Å². The van der Waals surface area contributed by atoms with Gasteiger partial charge in [0.15, 0.2) is 0 Å². The van der Waals surface area contributed by atoms with E-state index >= 15 is 0 Å². The van der Waals surface area contributed by atoms with E-state index in [-0.39, 0.29) is 5.41 Å². The number of hydrogen-bond donors (Lipinski definition) is 0. The van der Waals surface area contributed by atoms with Crippen LogP contribution in [0.3, 0.4) is 0 Å². The average Bonchev–Trinajstić information content (AvgIpc) is 2.60. The molecule has 0 N–H and O–H groups in total. The van der Waals surface area contributed by atoms with E-state index in [9.17, 15) is 0 Å². The molecule has 4 heteroatoms. The first kappa shape index (κ1) is 14.3. The van der Waals surface area contributed by atoms with E-state index in [0.717, 1.165) is 11.5 Å². The zero-order valence-corrected chi connectivity index (χ0v) is 13.6. The van der Waals surface area contributed by atoms with Crippen molar-refractivity contribution in [2.75, 3.05) is 7.05 Å². The second-order valence-corrected chi connectivity index (χ2v) is 7.79. The summed E-state index contributed by atoms with van der Waals surface area (Å²) in [5.74, 6) is 1.44. The molecule has 110 valence electrons. The van der Waals surface area contributed by atoms with Crippen molar-refractivity contribution < 1.29 is 0 Å². The summed E-state index contributed by atoms with van der Waals surface area (Å²) in [6.07, 6.45) is 5.00. The Balaban J connectivity index is 1.89. The van der Waals surface area contributed by atoms with Gasteiger partial charge in [-0.2, -0.15) is 0 Å². The molecule has 2 aliphatic heterocycles. The topological polar surface area (TPSA) is 29.0 Å². The second-order valence-electron chi connectivity index (χ2n) is 7.40. The fraction of sp³-hybridized carbons (Fsp3) is 0.750. The smallest absolute Gasteiger partial charge is 0.133 e. The third kappa shape index (κ3) is 2.58. The van der Waals surface area contributed by atoms with Crippen LogP contribution >= 0.6 is 11.6 Å². The second kappa shape index (κ2) is 4.96. The van der Waals surface area contributed by atoms with Crippen LogP contribution in [0.4, 0.5) is 0 Å². The highest BCUT2D eigenvalue weighted by atomic mass is 35.5. The largest absolute Gasteiger partial charge is 0.300 e. The maximum absolute atomic E-state index is 6.23. The lowest BCUT2D eigenvalue weighted by Gasteiger charge is -2.35. The van der Waals surface area contributed by atoms with Crippen LogP contribution in [0, 0.1) is 0 Å². The van der Waals surface area contributed by atoms with Crippen molar-refractivity contribution in [3.8, 4) is 0 Å². The van der Waals surface area contributed by atoms with Gasteiger partial charge in [0.1, 0.15) is 11.0 Å². The summed E-state index contributed by atoms with van der Waals surface area (Å²) in [7, 11) is 2.26. The van der Waals surface area contributed by atoms with Crippen LogP contribution in [-0.4, -0.2) is 34.0 Å². The first-order valence-corrected chi connectivity index (χ1v) is 7.99. The molecule has 2 unspecified atom stereocenters. The first-order chi connectivity index (χ1) is 9.34. The van der Waals surface area contributed by atoms with Crippen molar-refractivity contribution in [3.05, 3.63) is 22.7 Å². The van der Waals surface area contributed by atoms with Gasteiger partial charge in [0.2, 0.25) is 0 Å². The van der Waals surface area contributed by atoms with Gasteiger partial charge < -0.3 is 4.90 Å². The SMILES string of the molecule is CN1C2CCC1CC(c1nc(Cl)cc(C(C)(C)C)n1)C2. The molecule has 3 nitrogen and oxygen atoms in total. The minimum absolute atomic E-state index is 0.0196. The van der Waals surface area contributed by atoms with Crippen molar-refractivity contribution in [2.45, 2.75) is 69.9 Å². The molecular formula is C16H24ClN3. The number of halogens is 1. The van der Waals surface area contributed by atoms with Crippen LogP contribution in [0.15, 0.2) is 6.07 Å². The van der Waals surface area contributed by atoms with E-state index in [0.29, 0.717) is 23.2 Å². The summed E-state index contributed by atoms with van der Waals surface area (Å²) in [5, 5.41) is 0.589. The van der Waals surface area contributed by atoms with Crippen molar-refractivity contribution in [1.29, 1.82) is 0 Å². The van der Waals surface area contributed by atoms with Gasteiger partial charge in [-0.05, 0) is 38.8 Å². The molecule has 0 saturated carbocycles. The molecule has 3 rings (SSSR count). The van der Waals surface area contributed by atoms with Crippen LogP contribution in [0.5, 0.6) is 0 Å². The van der Waals surface area contributed by atoms with Crippen LogP contribution < -0.4 is 0 Å². The minimum Gasteiger partial charge on any atom is -0.300 e. The van der Waals surface area contributed by atoms with Crippen molar-refractivity contribution in [3.63, 3.8) is 0 Å². The fourth-order valence-corrected chi connectivity index (χ4v) is 3.81. The molecular weight excluding hydrogens is 270 g/mol. The Morgan fingerprint density at radius 3 is 2.30 bits per heavy atom. The maximum atomic E-state index is 6.23. The predicted molar refractivity (Wildman–Crippen MR) is 82.3 cm³/mol. The third-order valence-electron chi connectivity index (χ3n) is 4.94. The minimum atomic E-state index is 0.0196. The van der Waals surface area contributed by atoms with E-state index in [4.69, 9.17) is 16.6 Å². The molecule has 2 atom stereocenters. The first-order valence-electron chi connectivity index (χ1n) is 7.61. The van der Waals surface area contributed by atoms with E-state index in [2.05, 4.69) is 37.7 Å². The molecule has 0 aliphatic carbocycles. The molecule has 1 aromatic heterocycles. The number of hydrogen-bond acceptors (Lipinski definition) is 3. The fourth-order valence-electron chi connectivity index (χ4n) is 3.62. The lowest BCUT2D eigenvalue weighted by molar-refractivity contribution is 0.158. The maximum Gasteiger partial charge on any atom is 0.133 e. The van der Waals surface area contributed by atoms with Gasteiger partial charge in [-0.3, -0.25) is 0 Å². The van der Waals surface area contributed by atoms with Gasteiger partial charge in [-0.25, -0.2) is 9.97 Å².